The van der Waals surface area contributed by atoms with E-state index in [1.54, 1.807) is 43.3 Å². The summed E-state index contributed by atoms with van der Waals surface area (Å²) in [5, 5.41) is 10.3. The van der Waals surface area contributed by atoms with Crippen molar-refractivity contribution in [3.05, 3.63) is 76.8 Å². The van der Waals surface area contributed by atoms with Gasteiger partial charge in [0.25, 0.3) is 5.91 Å². The van der Waals surface area contributed by atoms with Crippen LogP contribution >= 0.6 is 0 Å². The smallest absolute Gasteiger partial charge is 0.290 e. The average molecular weight is 413 g/mol. The number of hydrogen-bond acceptors (Lipinski definition) is 5. The van der Waals surface area contributed by atoms with Gasteiger partial charge in [-0.1, -0.05) is 31.2 Å². The fraction of sp³-hybridized carbons (Fsp3) is 0.304. The number of halogens is 1. The van der Waals surface area contributed by atoms with Gasteiger partial charge in [-0.05, 0) is 35.4 Å². The number of carbonyl (C=O) groups is 2. The second-order valence-electron chi connectivity index (χ2n) is 6.92. The molecule has 1 unspecified atom stereocenters. The maximum absolute atomic E-state index is 13.0. The average Bonchev–Trinajstić information content (AvgIpc) is 3.02. The Balaban J connectivity index is 1.81. The zero-order chi connectivity index (χ0) is 21.7. The number of benzene rings is 2. The molecule has 2 aromatic rings. The van der Waals surface area contributed by atoms with Gasteiger partial charge in [0.15, 0.2) is 11.5 Å². The monoisotopic (exact) mass is 413 g/mol. The van der Waals surface area contributed by atoms with Crippen LogP contribution in [0, 0.1) is 5.82 Å². The van der Waals surface area contributed by atoms with E-state index < -0.39 is 17.7 Å². The van der Waals surface area contributed by atoms with Crippen LogP contribution in [0.4, 0.5) is 4.39 Å². The third-order valence-corrected chi connectivity index (χ3v) is 4.98. The van der Waals surface area contributed by atoms with Gasteiger partial charge >= 0.3 is 0 Å². The lowest BCUT2D eigenvalue weighted by atomic mass is 9.95. The summed E-state index contributed by atoms with van der Waals surface area (Å²) in [5.74, 6) is -1.07. The lowest BCUT2D eigenvalue weighted by molar-refractivity contribution is -0.130. The first-order valence-corrected chi connectivity index (χ1v) is 9.69. The number of methoxy groups -OCH3 is 1. The van der Waals surface area contributed by atoms with Crippen molar-refractivity contribution in [1.29, 1.82) is 0 Å². The molecule has 2 aromatic carbocycles. The first-order chi connectivity index (χ1) is 14.5. The molecule has 1 amide bonds. The van der Waals surface area contributed by atoms with E-state index in [-0.39, 0.29) is 43.4 Å². The van der Waals surface area contributed by atoms with E-state index in [2.05, 4.69) is 0 Å². The third kappa shape index (κ3) is 4.52. The van der Waals surface area contributed by atoms with Crippen LogP contribution in [-0.2, 0) is 20.9 Å². The maximum atomic E-state index is 13.0. The zero-order valence-electron chi connectivity index (χ0n) is 16.9. The van der Waals surface area contributed by atoms with Crippen molar-refractivity contribution in [3.63, 3.8) is 0 Å². The van der Waals surface area contributed by atoms with E-state index in [1.165, 1.54) is 24.1 Å². The minimum absolute atomic E-state index is 0.110. The molecule has 0 saturated heterocycles. The molecule has 0 radical (unpaired) electrons. The van der Waals surface area contributed by atoms with Gasteiger partial charge in [-0.15, -0.1) is 0 Å². The summed E-state index contributed by atoms with van der Waals surface area (Å²) in [5.41, 5.74) is 1.63. The fourth-order valence-electron chi connectivity index (χ4n) is 3.39. The molecule has 0 aromatic heterocycles. The Morgan fingerprint density at radius 1 is 1.13 bits per heavy atom. The van der Waals surface area contributed by atoms with Gasteiger partial charge in [0.05, 0.1) is 18.2 Å². The minimum Gasteiger partial charge on any atom is -0.503 e. The van der Waals surface area contributed by atoms with Crippen molar-refractivity contribution < 1.29 is 28.6 Å². The van der Waals surface area contributed by atoms with Crippen molar-refractivity contribution >= 4 is 11.7 Å². The van der Waals surface area contributed by atoms with Crippen LogP contribution in [0.15, 0.2) is 59.9 Å². The molecule has 0 spiro atoms. The molecule has 1 atom stereocenters. The largest absolute Gasteiger partial charge is 0.503 e. The van der Waals surface area contributed by atoms with Gasteiger partial charge in [-0.25, -0.2) is 4.39 Å². The van der Waals surface area contributed by atoms with E-state index in [9.17, 15) is 19.1 Å². The van der Waals surface area contributed by atoms with Gasteiger partial charge in [0.1, 0.15) is 18.2 Å². The van der Waals surface area contributed by atoms with Crippen molar-refractivity contribution in [2.75, 3.05) is 20.3 Å². The van der Waals surface area contributed by atoms with Crippen LogP contribution in [0.1, 0.15) is 30.5 Å². The summed E-state index contributed by atoms with van der Waals surface area (Å²) in [6.45, 7) is 2.49. The molecule has 30 heavy (non-hydrogen) atoms. The molecule has 0 aliphatic carbocycles. The lowest BCUT2D eigenvalue weighted by Crippen LogP contribution is -2.33. The number of ether oxygens (including phenoxy) is 2. The van der Waals surface area contributed by atoms with E-state index in [0.29, 0.717) is 11.3 Å². The number of ketones is 1. The predicted molar refractivity (Wildman–Crippen MR) is 108 cm³/mol. The topological polar surface area (TPSA) is 76.1 Å². The lowest BCUT2D eigenvalue weighted by Gasteiger charge is -2.26. The third-order valence-electron chi connectivity index (χ3n) is 4.98. The highest BCUT2D eigenvalue weighted by Crippen LogP contribution is 2.38. The molecule has 1 aliphatic heterocycles. The number of Topliss-reactive ketones (excluding diaryl/α,β-unsaturated/α-hetero) is 1. The van der Waals surface area contributed by atoms with Crippen molar-refractivity contribution in [2.24, 2.45) is 0 Å². The molecular weight excluding hydrogens is 389 g/mol. The highest BCUT2D eigenvalue weighted by atomic mass is 19.1. The first-order valence-electron chi connectivity index (χ1n) is 9.69. The van der Waals surface area contributed by atoms with E-state index >= 15 is 0 Å². The number of aliphatic hydroxyl groups excluding tert-OH is 1. The Bertz CT molecular complexity index is 937. The highest BCUT2D eigenvalue weighted by molar-refractivity contribution is 6.08. The molecule has 158 valence electrons. The summed E-state index contributed by atoms with van der Waals surface area (Å²) in [7, 11) is 1.52. The number of aliphatic hydroxyl groups is 1. The number of nitrogens with zero attached hydrogens (tertiary/aromatic N) is 1. The zero-order valence-corrected chi connectivity index (χ0v) is 16.9. The van der Waals surface area contributed by atoms with Gasteiger partial charge in [0, 0.05) is 20.1 Å². The predicted octanol–water partition coefficient (Wildman–Crippen LogP) is 3.73. The summed E-state index contributed by atoms with van der Waals surface area (Å²) in [6.07, 6.45) is 0.181. The number of rotatable bonds is 9. The van der Waals surface area contributed by atoms with E-state index in [1.807, 2.05) is 0 Å². The maximum Gasteiger partial charge on any atom is 0.290 e. The van der Waals surface area contributed by atoms with E-state index in [4.69, 9.17) is 9.47 Å². The van der Waals surface area contributed by atoms with Gasteiger partial charge in [0.2, 0.25) is 0 Å². The van der Waals surface area contributed by atoms with Crippen molar-refractivity contribution in [3.8, 4) is 5.75 Å². The summed E-state index contributed by atoms with van der Waals surface area (Å²) >= 11 is 0. The second-order valence-corrected chi connectivity index (χ2v) is 6.92. The molecule has 6 nitrogen and oxygen atoms in total. The van der Waals surface area contributed by atoms with Gasteiger partial charge in [-0.2, -0.15) is 0 Å². The molecule has 3 rings (SSSR count). The summed E-state index contributed by atoms with van der Waals surface area (Å²) in [4.78, 5) is 26.4. The highest BCUT2D eigenvalue weighted by Gasteiger charge is 2.42. The molecule has 1 N–H and O–H groups in total. The minimum atomic E-state index is -0.675. The molecule has 0 bridgehead atoms. The first kappa shape index (κ1) is 21.5. The Labute approximate surface area is 174 Å². The second kappa shape index (κ2) is 9.54. The summed E-state index contributed by atoms with van der Waals surface area (Å²) < 4.78 is 23.8. The Hall–Kier alpha value is -3.19. The van der Waals surface area contributed by atoms with Crippen LogP contribution in [0.3, 0.4) is 0 Å². The van der Waals surface area contributed by atoms with Crippen molar-refractivity contribution in [2.45, 2.75) is 26.0 Å². The molecule has 7 heteroatoms. The van der Waals surface area contributed by atoms with Gasteiger partial charge in [-0.3, -0.25) is 9.59 Å². The quantitative estimate of drug-likeness (QED) is 0.678. The standard InChI is InChI=1S/C23H24FNO5/c1-3-19(26)20-21(25(12-13-29-2)23(28)22(20)27)16-6-10-18(11-7-16)30-14-15-4-8-17(24)9-5-15/h4-11,21,27H,3,12-14H2,1-2H3. The number of hydrogen-bond donors (Lipinski definition) is 1. The van der Waals surface area contributed by atoms with Crippen LogP contribution in [-0.4, -0.2) is 42.0 Å². The Kier molecular flexibility index (Phi) is 6.84. The number of carbonyl (C=O) groups excluding carboxylic acids is 2. The molecule has 1 aliphatic rings. The SMILES string of the molecule is CCC(=O)C1=C(O)C(=O)N(CCOC)C1c1ccc(OCc2ccc(F)cc2)cc1. The molecular formula is C23H24FNO5. The van der Waals surface area contributed by atoms with Crippen LogP contribution < -0.4 is 4.74 Å². The molecule has 1 heterocycles. The Morgan fingerprint density at radius 3 is 2.40 bits per heavy atom. The normalized spacial score (nSPS) is 16.3. The molecule has 0 fully saturated rings. The fourth-order valence-corrected chi connectivity index (χ4v) is 3.39. The number of amides is 1. The van der Waals surface area contributed by atoms with Crippen LogP contribution in [0.5, 0.6) is 5.75 Å². The Morgan fingerprint density at radius 2 is 1.80 bits per heavy atom. The van der Waals surface area contributed by atoms with Crippen LogP contribution in [0.25, 0.3) is 0 Å². The summed E-state index contributed by atoms with van der Waals surface area (Å²) in [6, 6.07) is 12.4. The van der Waals surface area contributed by atoms with Gasteiger partial charge < -0.3 is 19.5 Å². The molecule has 0 saturated carbocycles. The van der Waals surface area contributed by atoms with Crippen molar-refractivity contribution in [1.82, 2.24) is 4.90 Å². The van der Waals surface area contributed by atoms with E-state index in [0.717, 1.165) is 5.56 Å². The van der Waals surface area contributed by atoms with Crippen LogP contribution in [0.2, 0.25) is 0 Å².